The van der Waals surface area contributed by atoms with Crippen molar-refractivity contribution < 1.29 is 23.9 Å². The number of carbonyl (C=O) groups is 1. The van der Waals surface area contributed by atoms with E-state index < -0.39 is 12.6 Å². The molecule has 0 amide bonds. The summed E-state index contributed by atoms with van der Waals surface area (Å²) in [4.78, 5) is 14.9. The highest BCUT2D eigenvalue weighted by molar-refractivity contribution is 6.50. The van der Waals surface area contributed by atoms with E-state index in [1.165, 1.54) is 7.11 Å². The number of ether oxygens (including phenoxy) is 2. The van der Waals surface area contributed by atoms with E-state index in [-0.39, 0.29) is 16.7 Å². The summed E-state index contributed by atoms with van der Waals surface area (Å²) in [6.07, 6.45) is 1.63. The second-order valence-electron chi connectivity index (χ2n) is 5.80. The third kappa shape index (κ3) is 4.50. The molecule has 7 nitrogen and oxygen atoms in total. The third-order valence-corrected chi connectivity index (χ3v) is 4.11. The molecule has 0 spiro atoms. The smallest absolute Gasteiger partial charge is 0.269 e. The maximum Gasteiger partial charge on any atom is 0.269 e. The number of hydrogen-bond acceptors (Lipinski definition) is 7. The number of carboxylic acids is 1. The van der Waals surface area contributed by atoms with Gasteiger partial charge >= 0.3 is 0 Å². The quantitative estimate of drug-likeness (QED) is 0.602. The first-order chi connectivity index (χ1) is 13.5. The zero-order valence-electron chi connectivity index (χ0n) is 15.1. The summed E-state index contributed by atoms with van der Waals surface area (Å²) in [5.74, 6) is -0.0699. The number of methoxy groups -OCH3 is 1. The maximum absolute atomic E-state index is 10.5. The molecule has 3 rings (SSSR count). The number of rotatable bonds is 7. The van der Waals surface area contributed by atoms with Crippen LogP contribution in [-0.4, -0.2) is 29.8 Å². The lowest BCUT2D eigenvalue weighted by molar-refractivity contribution is -0.307. The Morgan fingerprint density at radius 3 is 2.75 bits per heavy atom. The summed E-state index contributed by atoms with van der Waals surface area (Å²) >= 11 is 6.33. The van der Waals surface area contributed by atoms with Gasteiger partial charge in [-0.25, -0.2) is 0 Å². The molecular weight excluding hydrogens is 384 g/mol. The van der Waals surface area contributed by atoms with Gasteiger partial charge < -0.3 is 23.9 Å². The molecule has 0 N–H and O–H groups in total. The highest BCUT2D eigenvalue weighted by Crippen LogP contribution is 2.31. The topological polar surface area (TPSA) is 97.5 Å². The van der Waals surface area contributed by atoms with Crippen molar-refractivity contribution in [2.75, 3.05) is 13.7 Å². The number of benzene rings is 2. The van der Waals surface area contributed by atoms with Gasteiger partial charge in [0.15, 0.2) is 11.5 Å². The number of halogens is 1. The average Bonchev–Trinajstić information content (AvgIpc) is 3.17. The van der Waals surface area contributed by atoms with Crippen LogP contribution >= 0.6 is 11.6 Å². The van der Waals surface area contributed by atoms with Crippen molar-refractivity contribution in [3.8, 4) is 22.9 Å². The Balaban J connectivity index is 1.84. The Morgan fingerprint density at radius 1 is 1.25 bits per heavy atom. The van der Waals surface area contributed by atoms with Crippen LogP contribution in [0.3, 0.4) is 0 Å². The van der Waals surface area contributed by atoms with Gasteiger partial charge in [0.1, 0.15) is 11.6 Å². The summed E-state index contributed by atoms with van der Waals surface area (Å²) in [6, 6.07) is 12.6. The number of nitrogens with zero attached hydrogens (tertiary/aromatic N) is 2. The lowest BCUT2D eigenvalue weighted by Gasteiger charge is -2.11. The van der Waals surface area contributed by atoms with Crippen LogP contribution in [0.4, 0.5) is 0 Å². The van der Waals surface area contributed by atoms with Crippen LogP contribution in [0, 0.1) is 6.92 Å². The van der Waals surface area contributed by atoms with Crippen molar-refractivity contribution >= 4 is 28.7 Å². The predicted molar refractivity (Wildman–Crippen MR) is 102 cm³/mol. The fraction of sp³-hybridized carbons (Fsp3) is 0.150. The molecule has 8 heteroatoms. The second kappa shape index (κ2) is 8.58. The number of carboxylic acid groups (broad SMARTS) is 1. The summed E-state index contributed by atoms with van der Waals surface area (Å²) in [5.41, 5.74) is 2.56. The standard InChI is InChI=1S/C20H17ClN2O5/c1-12-5-3-4-6-14(12)19-22-20(28-23-19)15(21)9-13-7-8-16(17(10-13)26-2)27-11-18(24)25/h3-10H,11H2,1-2H3,(H,24,25)/p-1/b15-9-. The van der Waals surface area contributed by atoms with Crippen molar-refractivity contribution in [2.45, 2.75) is 6.92 Å². The minimum atomic E-state index is -1.32. The molecule has 0 aliphatic rings. The number of aromatic nitrogens is 2. The van der Waals surface area contributed by atoms with Crippen LogP contribution in [0.15, 0.2) is 47.0 Å². The van der Waals surface area contributed by atoms with Gasteiger partial charge in [-0.05, 0) is 36.3 Å². The number of aliphatic carboxylic acids is 1. The lowest BCUT2D eigenvalue weighted by atomic mass is 10.1. The lowest BCUT2D eigenvalue weighted by Crippen LogP contribution is -2.29. The molecule has 144 valence electrons. The first-order valence-electron chi connectivity index (χ1n) is 8.26. The molecular formula is C20H16ClN2O5-. The maximum atomic E-state index is 10.5. The zero-order chi connectivity index (χ0) is 20.1. The van der Waals surface area contributed by atoms with E-state index in [0.717, 1.165) is 11.1 Å². The van der Waals surface area contributed by atoms with E-state index >= 15 is 0 Å². The molecule has 3 aromatic rings. The largest absolute Gasteiger partial charge is 0.546 e. The number of aryl methyl sites for hydroxylation is 1. The van der Waals surface area contributed by atoms with Crippen LogP contribution in [0.1, 0.15) is 17.0 Å². The van der Waals surface area contributed by atoms with E-state index in [2.05, 4.69) is 10.1 Å². The van der Waals surface area contributed by atoms with Gasteiger partial charge in [-0.2, -0.15) is 4.98 Å². The number of carbonyl (C=O) groups excluding carboxylic acids is 1. The highest BCUT2D eigenvalue weighted by Gasteiger charge is 2.13. The fourth-order valence-corrected chi connectivity index (χ4v) is 2.69. The summed E-state index contributed by atoms with van der Waals surface area (Å²) in [5, 5.41) is 14.8. The molecule has 0 saturated heterocycles. The number of hydrogen-bond donors (Lipinski definition) is 0. The van der Waals surface area contributed by atoms with E-state index in [9.17, 15) is 9.90 Å². The molecule has 0 unspecified atom stereocenters. The van der Waals surface area contributed by atoms with Crippen LogP contribution in [0.25, 0.3) is 22.5 Å². The van der Waals surface area contributed by atoms with E-state index in [1.807, 2.05) is 31.2 Å². The summed E-state index contributed by atoms with van der Waals surface area (Å²) < 4.78 is 15.6. The SMILES string of the molecule is COc1cc(/C=C(\Cl)c2nc(-c3ccccc3C)no2)ccc1OCC(=O)[O-]. The van der Waals surface area contributed by atoms with Gasteiger partial charge in [-0.15, -0.1) is 0 Å². The van der Waals surface area contributed by atoms with Crippen molar-refractivity contribution in [3.63, 3.8) is 0 Å². The summed E-state index contributed by atoms with van der Waals surface area (Å²) in [6.45, 7) is 1.38. The van der Waals surface area contributed by atoms with E-state index in [4.69, 9.17) is 25.6 Å². The molecule has 0 fully saturated rings. The van der Waals surface area contributed by atoms with Crippen LogP contribution in [0.2, 0.25) is 0 Å². The predicted octanol–water partition coefficient (Wildman–Crippen LogP) is 2.92. The molecule has 0 atom stereocenters. The van der Waals surface area contributed by atoms with E-state index in [1.54, 1.807) is 24.3 Å². The normalized spacial score (nSPS) is 11.3. The Bertz CT molecular complexity index is 1030. The van der Waals surface area contributed by atoms with Gasteiger partial charge in [0.05, 0.1) is 13.1 Å². The van der Waals surface area contributed by atoms with Crippen molar-refractivity contribution in [2.24, 2.45) is 0 Å². The Kier molecular flexibility index (Phi) is 5.96. The molecule has 2 aromatic carbocycles. The molecule has 1 aromatic heterocycles. The molecule has 0 bridgehead atoms. The Labute approximate surface area is 166 Å². The van der Waals surface area contributed by atoms with Gasteiger partial charge in [-0.3, -0.25) is 0 Å². The Hall–Kier alpha value is -3.32. The van der Waals surface area contributed by atoms with Gasteiger partial charge in [0.25, 0.3) is 5.89 Å². The average molecular weight is 400 g/mol. The van der Waals surface area contributed by atoms with Gasteiger partial charge in [0, 0.05) is 5.56 Å². The zero-order valence-corrected chi connectivity index (χ0v) is 15.9. The molecule has 1 heterocycles. The minimum Gasteiger partial charge on any atom is -0.546 e. The molecule has 28 heavy (non-hydrogen) atoms. The Morgan fingerprint density at radius 2 is 2.04 bits per heavy atom. The van der Waals surface area contributed by atoms with Crippen LogP contribution in [0.5, 0.6) is 11.5 Å². The molecule has 0 aliphatic carbocycles. The molecule has 0 saturated carbocycles. The third-order valence-electron chi connectivity index (χ3n) is 3.84. The molecule has 0 radical (unpaired) electrons. The van der Waals surface area contributed by atoms with Gasteiger partial charge in [0.2, 0.25) is 5.82 Å². The van der Waals surface area contributed by atoms with Crippen LogP contribution in [-0.2, 0) is 4.79 Å². The fourth-order valence-electron chi connectivity index (χ4n) is 2.49. The first-order valence-corrected chi connectivity index (χ1v) is 8.63. The first kappa shape index (κ1) is 19.4. The van der Waals surface area contributed by atoms with Crippen molar-refractivity contribution in [1.82, 2.24) is 10.1 Å². The van der Waals surface area contributed by atoms with Gasteiger partial charge in [-0.1, -0.05) is 47.1 Å². The molecule has 0 aliphatic heterocycles. The minimum absolute atomic E-state index is 0.177. The van der Waals surface area contributed by atoms with Crippen LogP contribution < -0.4 is 14.6 Å². The highest BCUT2D eigenvalue weighted by atomic mass is 35.5. The van der Waals surface area contributed by atoms with Crippen molar-refractivity contribution in [3.05, 3.63) is 59.5 Å². The monoisotopic (exact) mass is 399 g/mol. The second-order valence-corrected chi connectivity index (χ2v) is 6.21. The van der Waals surface area contributed by atoms with E-state index in [0.29, 0.717) is 17.1 Å². The van der Waals surface area contributed by atoms with Crippen molar-refractivity contribution in [1.29, 1.82) is 0 Å². The summed E-state index contributed by atoms with van der Waals surface area (Å²) in [7, 11) is 1.45.